The van der Waals surface area contributed by atoms with Crippen LogP contribution in [-0.4, -0.2) is 46.3 Å². The summed E-state index contributed by atoms with van der Waals surface area (Å²) in [7, 11) is -2.64. The average molecular weight is 551 g/mol. The molecule has 4 aromatic rings. The van der Waals surface area contributed by atoms with Gasteiger partial charge in [0.25, 0.3) is 10.1 Å². The number of imidazole rings is 1. The number of ether oxygens (including phenoxy) is 1. The summed E-state index contributed by atoms with van der Waals surface area (Å²) in [6.07, 6.45) is 4.08. The Morgan fingerprint density at radius 2 is 1.79 bits per heavy atom. The Morgan fingerprint density at radius 1 is 1.08 bits per heavy atom. The first-order valence-corrected chi connectivity index (χ1v) is 13.5. The third-order valence-corrected chi connectivity index (χ3v) is 6.99. The molecule has 0 unspecified atom stereocenters. The van der Waals surface area contributed by atoms with Crippen LogP contribution in [0.3, 0.4) is 0 Å². The van der Waals surface area contributed by atoms with E-state index < -0.39 is 16.2 Å². The molecule has 0 saturated heterocycles. The van der Waals surface area contributed by atoms with Crippen molar-refractivity contribution in [2.24, 2.45) is 4.99 Å². The molecule has 0 amide bonds. The SMILES string of the molecule is COC(=O)CC[C@@H]1N=C(c2ccccn2)c2cc(F)c(C)cc2-n2c(C)cnc21.O=S(=O)(O)c1ccccc1. The van der Waals surface area contributed by atoms with E-state index in [1.54, 1.807) is 37.5 Å². The molecule has 1 aliphatic heterocycles. The third kappa shape index (κ3) is 6.27. The Morgan fingerprint density at radius 3 is 2.41 bits per heavy atom. The lowest BCUT2D eigenvalue weighted by molar-refractivity contribution is -0.140. The molecular formula is C28H27FN4O5S. The van der Waals surface area contributed by atoms with E-state index in [2.05, 4.69) is 9.97 Å². The molecule has 0 bridgehead atoms. The van der Waals surface area contributed by atoms with E-state index in [0.717, 1.165) is 11.4 Å². The van der Waals surface area contributed by atoms with Crippen molar-refractivity contribution < 1.29 is 26.9 Å². The van der Waals surface area contributed by atoms with E-state index in [1.807, 2.05) is 35.8 Å². The van der Waals surface area contributed by atoms with Crippen molar-refractivity contribution in [3.63, 3.8) is 0 Å². The van der Waals surface area contributed by atoms with E-state index in [-0.39, 0.29) is 23.1 Å². The first kappa shape index (κ1) is 27.8. The van der Waals surface area contributed by atoms with Crippen LogP contribution in [-0.2, 0) is 19.6 Å². The molecule has 9 nitrogen and oxygen atoms in total. The lowest BCUT2D eigenvalue weighted by atomic mass is 10.0. The van der Waals surface area contributed by atoms with E-state index >= 15 is 0 Å². The number of nitrogens with zero attached hydrogens (tertiary/aromatic N) is 4. The molecule has 202 valence electrons. The van der Waals surface area contributed by atoms with Crippen molar-refractivity contribution in [2.45, 2.75) is 37.6 Å². The zero-order valence-corrected chi connectivity index (χ0v) is 22.4. The Bertz CT molecular complexity index is 1620. The summed E-state index contributed by atoms with van der Waals surface area (Å²) in [5, 5.41) is 0. The largest absolute Gasteiger partial charge is 0.469 e. The number of carbonyl (C=O) groups is 1. The van der Waals surface area contributed by atoms with Gasteiger partial charge in [-0.15, -0.1) is 0 Å². The van der Waals surface area contributed by atoms with Gasteiger partial charge in [-0.05, 0) is 62.2 Å². The maximum atomic E-state index is 14.6. The van der Waals surface area contributed by atoms with Gasteiger partial charge in [0, 0.05) is 30.1 Å². The minimum absolute atomic E-state index is 0.0741. The number of hydrogen-bond acceptors (Lipinski definition) is 7. The molecule has 2 aromatic carbocycles. The highest BCUT2D eigenvalue weighted by Crippen LogP contribution is 2.34. The van der Waals surface area contributed by atoms with Gasteiger partial charge in [0.05, 0.1) is 29.1 Å². The molecule has 0 radical (unpaired) electrons. The number of halogens is 1. The molecular weight excluding hydrogens is 523 g/mol. The van der Waals surface area contributed by atoms with Crippen molar-refractivity contribution in [3.05, 3.63) is 107 Å². The van der Waals surface area contributed by atoms with Gasteiger partial charge in [0.2, 0.25) is 0 Å². The fourth-order valence-electron chi connectivity index (χ4n) is 4.18. The topological polar surface area (TPSA) is 124 Å². The Labute approximate surface area is 225 Å². The number of aliphatic imine (C=N–C) groups is 1. The number of fused-ring (bicyclic) bond motifs is 3. The highest BCUT2D eigenvalue weighted by Gasteiger charge is 2.29. The number of aromatic nitrogens is 3. The predicted molar refractivity (Wildman–Crippen MR) is 143 cm³/mol. The molecule has 39 heavy (non-hydrogen) atoms. The molecule has 5 rings (SSSR count). The summed E-state index contributed by atoms with van der Waals surface area (Å²) >= 11 is 0. The highest BCUT2D eigenvalue weighted by molar-refractivity contribution is 7.85. The minimum atomic E-state index is -4.00. The lowest BCUT2D eigenvalue weighted by Crippen LogP contribution is -2.10. The second-order valence-corrected chi connectivity index (χ2v) is 10.2. The van der Waals surface area contributed by atoms with Crippen LogP contribution in [0.15, 0.2) is 82.9 Å². The van der Waals surface area contributed by atoms with E-state index in [4.69, 9.17) is 14.3 Å². The minimum Gasteiger partial charge on any atom is -0.469 e. The van der Waals surface area contributed by atoms with Crippen LogP contribution in [0.1, 0.15) is 47.2 Å². The predicted octanol–water partition coefficient (Wildman–Crippen LogP) is 4.80. The smallest absolute Gasteiger partial charge is 0.305 e. The first-order valence-electron chi connectivity index (χ1n) is 12.0. The summed E-state index contributed by atoms with van der Waals surface area (Å²) in [5.74, 6) is 0.0994. The Kier molecular flexibility index (Phi) is 8.32. The standard InChI is InChI=1S/C22H21FN4O2.C6H6O3S/c1-13-10-19-15(11-16(13)23)21(17-6-4-5-9-24-17)26-18(7-8-20(28)29-3)22-25-12-14(2)27(19)22;7-10(8,9)6-4-2-1-3-5-6/h4-6,9-12,18H,7-8H2,1-3H3;1-5H,(H,7,8,9)/t18-;/m0./s1. The quantitative estimate of drug-likeness (QED) is 0.280. The van der Waals surface area contributed by atoms with Crippen molar-refractivity contribution >= 4 is 21.8 Å². The summed E-state index contributed by atoms with van der Waals surface area (Å²) in [6.45, 7) is 3.68. The number of methoxy groups -OCH3 is 1. The van der Waals surface area contributed by atoms with E-state index in [1.165, 1.54) is 25.3 Å². The number of hydrogen-bond donors (Lipinski definition) is 1. The molecule has 1 atom stereocenters. The third-order valence-electron chi connectivity index (χ3n) is 6.12. The number of aryl methyl sites for hydroxylation is 2. The summed E-state index contributed by atoms with van der Waals surface area (Å²) < 4.78 is 50.6. The zero-order chi connectivity index (χ0) is 28.2. The molecule has 0 saturated carbocycles. The van der Waals surface area contributed by atoms with Gasteiger partial charge in [-0.1, -0.05) is 24.3 Å². The normalized spacial score (nSPS) is 14.2. The van der Waals surface area contributed by atoms with Crippen LogP contribution in [0.4, 0.5) is 4.39 Å². The van der Waals surface area contributed by atoms with Gasteiger partial charge in [-0.3, -0.25) is 23.9 Å². The molecule has 11 heteroatoms. The van der Waals surface area contributed by atoms with Crippen molar-refractivity contribution in [1.82, 2.24) is 14.5 Å². The summed E-state index contributed by atoms with van der Waals surface area (Å²) in [5.41, 5.74) is 4.13. The number of benzene rings is 2. The van der Waals surface area contributed by atoms with Gasteiger partial charge in [0.1, 0.15) is 17.7 Å². The monoisotopic (exact) mass is 550 g/mol. The van der Waals surface area contributed by atoms with Gasteiger partial charge in [-0.2, -0.15) is 8.42 Å². The number of pyridine rings is 1. The summed E-state index contributed by atoms with van der Waals surface area (Å²) in [6, 6.07) is 15.9. The van der Waals surface area contributed by atoms with Crippen LogP contribution in [0, 0.1) is 19.7 Å². The van der Waals surface area contributed by atoms with Gasteiger partial charge < -0.3 is 4.74 Å². The zero-order valence-electron chi connectivity index (χ0n) is 21.6. The number of carbonyl (C=O) groups excluding carboxylic acids is 1. The molecule has 2 aromatic heterocycles. The van der Waals surface area contributed by atoms with Gasteiger partial charge in [-0.25, -0.2) is 9.37 Å². The fourth-order valence-corrected chi connectivity index (χ4v) is 4.68. The maximum absolute atomic E-state index is 14.6. The molecule has 0 aliphatic carbocycles. The summed E-state index contributed by atoms with van der Waals surface area (Å²) in [4.78, 5) is 25.6. The van der Waals surface area contributed by atoms with Gasteiger partial charge >= 0.3 is 5.97 Å². The van der Waals surface area contributed by atoms with Crippen molar-refractivity contribution in [3.8, 4) is 5.69 Å². The van der Waals surface area contributed by atoms with Gasteiger partial charge in [0.15, 0.2) is 0 Å². The second kappa shape index (κ2) is 11.7. The van der Waals surface area contributed by atoms with Crippen molar-refractivity contribution in [2.75, 3.05) is 7.11 Å². The van der Waals surface area contributed by atoms with Crippen LogP contribution in [0.5, 0.6) is 0 Å². The lowest BCUT2D eigenvalue weighted by Gasteiger charge is -2.15. The first-order chi connectivity index (χ1) is 18.6. The Balaban J connectivity index is 0.000000298. The second-order valence-electron chi connectivity index (χ2n) is 8.82. The maximum Gasteiger partial charge on any atom is 0.305 e. The van der Waals surface area contributed by atoms with Crippen LogP contribution >= 0.6 is 0 Å². The molecule has 3 heterocycles. The molecule has 1 N–H and O–H groups in total. The van der Waals surface area contributed by atoms with E-state index in [0.29, 0.717) is 34.8 Å². The van der Waals surface area contributed by atoms with Crippen LogP contribution < -0.4 is 0 Å². The fraction of sp³-hybridized carbons (Fsp3) is 0.214. The molecule has 0 spiro atoms. The van der Waals surface area contributed by atoms with Crippen LogP contribution in [0.2, 0.25) is 0 Å². The highest BCUT2D eigenvalue weighted by atomic mass is 32.2. The van der Waals surface area contributed by atoms with Crippen LogP contribution in [0.25, 0.3) is 5.69 Å². The number of esters is 1. The Hall–Kier alpha value is -4.22. The molecule has 1 aliphatic rings. The average Bonchev–Trinajstić information content (AvgIpc) is 3.25. The molecule has 0 fully saturated rings. The van der Waals surface area contributed by atoms with Crippen molar-refractivity contribution in [1.29, 1.82) is 0 Å². The van der Waals surface area contributed by atoms with E-state index in [9.17, 15) is 17.6 Å². The number of rotatable bonds is 5.